The maximum atomic E-state index is 12.2. The zero-order valence-electron chi connectivity index (χ0n) is 20.5. The van der Waals surface area contributed by atoms with Gasteiger partial charge >= 0.3 is 11.9 Å². The van der Waals surface area contributed by atoms with Crippen molar-refractivity contribution >= 4 is 11.9 Å². The van der Waals surface area contributed by atoms with E-state index < -0.39 is 11.0 Å². The first kappa shape index (κ1) is 23.5. The van der Waals surface area contributed by atoms with E-state index in [1.54, 1.807) is 7.11 Å². The summed E-state index contributed by atoms with van der Waals surface area (Å²) in [5, 5.41) is 0. The van der Waals surface area contributed by atoms with Crippen LogP contribution in [0, 0.1) is 28.6 Å². The molecule has 2 aliphatic carbocycles. The molecule has 3 heterocycles. The number of rotatable bonds is 5. The van der Waals surface area contributed by atoms with E-state index in [2.05, 4.69) is 13.8 Å². The highest BCUT2D eigenvalue weighted by molar-refractivity contribution is 5.67. The Morgan fingerprint density at radius 2 is 1.85 bits per heavy atom. The van der Waals surface area contributed by atoms with E-state index in [0.29, 0.717) is 18.9 Å². The molecule has 1 spiro atoms. The molecule has 186 valence electrons. The van der Waals surface area contributed by atoms with Gasteiger partial charge in [0, 0.05) is 38.7 Å². The van der Waals surface area contributed by atoms with E-state index in [0.717, 1.165) is 32.1 Å². The van der Waals surface area contributed by atoms with Crippen molar-refractivity contribution in [2.75, 3.05) is 20.3 Å². The van der Waals surface area contributed by atoms with Crippen LogP contribution in [0.4, 0.5) is 0 Å². The molecule has 0 amide bonds. The molecule has 5 rings (SSSR count). The van der Waals surface area contributed by atoms with Crippen molar-refractivity contribution in [3.8, 4) is 0 Å². The number of esters is 2. The van der Waals surface area contributed by atoms with Crippen molar-refractivity contribution in [2.24, 2.45) is 28.6 Å². The molecule has 3 saturated heterocycles. The number of hydrogen-bond donors (Lipinski definition) is 0. The topological polar surface area (TPSA) is 92.8 Å². The van der Waals surface area contributed by atoms with E-state index in [-0.39, 0.29) is 60.6 Å². The number of ether oxygens (including phenoxy) is 6. The summed E-state index contributed by atoms with van der Waals surface area (Å²) in [6.45, 7) is 8.29. The second-order valence-electron chi connectivity index (χ2n) is 11.2. The normalized spacial score (nSPS) is 50.5. The lowest BCUT2D eigenvalue weighted by Gasteiger charge is -2.64. The Morgan fingerprint density at radius 1 is 1.09 bits per heavy atom. The Kier molecular flexibility index (Phi) is 5.83. The van der Waals surface area contributed by atoms with Gasteiger partial charge in [0.15, 0.2) is 12.6 Å². The van der Waals surface area contributed by atoms with Gasteiger partial charge in [-0.2, -0.15) is 0 Å². The van der Waals surface area contributed by atoms with Crippen molar-refractivity contribution in [1.29, 1.82) is 0 Å². The van der Waals surface area contributed by atoms with Crippen LogP contribution in [0.2, 0.25) is 0 Å². The molecule has 8 heteroatoms. The zero-order chi connectivity index (χ0) is 23.6. The monoisotopic (exact) mass is 466 g/mol. The Balaban J connectivity index is 1.53. The lowest BCUT2D eigenvalue weighted by atomic mass is 9.42. The molecule has 5 aliphatic rings. The largest absolute Gasteiger partial charge is 0.465 e. The first-order chi connectivity index (χ1) is 15.7. The number of carbonyl (C=O) groups excluding carboxylic acids is 2. The molecule has 2 saturated carbocycles. The third-order valence-electron chi connectivity index (χ3n) is 9.75. The Morgan fingerprint density at radius 3 is 2.45 bits per heavy atom. The van der Waals surface area contributed by atoms with E-state index in [9.17, 15) is 9.59 Å². The molecule has 0 bridgehead atoms. The quantitative estimate of drug-likeness (QED) is 0.451. The molecule has 0 aromatic carbocycles. The molecular weight excluding hydrogens is 428 g/mol. The van der Waals surface area contributed by atoms with Gasteiger partial charge in [-0.3, -0.25) is 9.59 Å². The van der Waals surface area contributed by atoms with Gasteiger partial charge in [0.1, 0.15) is 18.3 Å². The van der Waals surface area contributed by atoms with Gasteiger partial charge in [0.2, 0.25) is 0 Å². The van der Waals surface area contributed by atoms with Gasteiger partial charge in [0.05, 0.1) is 18.1 Å². The predicted octanol–water partition coefficient (Wildman–Crippen LogP) is 3.21. The molecule has 10 atom stereocenters. The number of carbonyl (C=O) groups is 2. The molecule has 0 radical (unpaired) electrons. The smallest absolute Gasteiger partial charge is 0.302 e. The molecule has 33 heavy (non-hydrogen) atoms. The molecule has 0 aromatic heterocycles. The third kappa shape index (κ3) is 3.46. The van der Waals surface area contributed by atoms with Crippen LogP contribution in [-0.2, 0) is 38.0 Å². The fourth-order valence-electron chi connectivity index (χ4n) is 7.92. The summed E-state index contributed by atoms with van der Waals surface area (Å²) in [7, 11) is 1.67. The van der Waals surface area contributed by atoms with Crippen molar-refractivity contribution < 1.29 is 38.0 Å². The summed E-state index contributed by atoms with van der Waals surface area (Å²) in [5.41, 5.74) is -1.20. The van der Waals surface area contributed by atoms with Crippen LogP contribution in [0.5, 0.6) is 0 Å². The first-order valence-electron chi connectivity index (χ1n) is 12.4. The number of fused-ring (bicyclic) bond motifs is 3. The fourth-order valence-corrected chi connectivity index (χ4v) is 7.92. The predicted molar refractivity (Wildman–Crippen MR) is 116 cm³/mol. The number of hydrogen-bond acceptors (Lipinski definition) is 8. The molecule has 8 nitrogen and oxygen atoms in total. The van der Waals surface area contributed by atoms with E-state index in [4.69, 9.17) is 28.4 Å². The molecular formula is C25H38O8. The van der Waals surface area contributed by atoms with Crippen molar-refractivity contribution in [3.05, 3.63) is 0 Å². The molecule has 0 N–H and O–H groups in total. The summed E-state index contributed by atoms with van der Waals surface area (Å²) < 4.78 is 35.9. The Labute approximate surface area is 195 Å². The van der Waals surface area contributed by atoms with Gasteiger partial charge in [-0.05, 0) is 37.5 Å². The SMILES string of the molecule is COC1CC2CC(C3(C)C(C)CC(OC(C)=O)C4(COC(C)=O)C3CCCC43CO3)OC2O1. The molecule has 0 aromatic rings. The third-order valence-corrected chi connectivity index (χ3v) is 9.75. The molecule has 5 fully saturated rings. The minimum atomic E-state index is -0.583. The van der Waals surface area contributed by atoms with Crippen molar-refractivity contribution in [2.45, 2.75) is 96.6 Å². The standard InChI is InChI=1S/C25H38O8/c1-14-9-20(31-16(3)27)25(13-29-15(2)26)18(7-6-8-24(25)12-30-24)23(14,4)19-10-17-11-21(28-5)33-22(17)32-19/h14,17-22H,6-13H2,1-5H3. The Bertz CT molecular complexity index is 781. The van der Waals surface area contributed by atoms with Gasteiger partial charge in [-0.1, -0.05) is 20.3 Å². The molecule has 3 aliphatic heterocycles. The van der Waals surface area contributed by atoms with Crippen LogP contribution >= 0.6 is 0 Å². The highest BCUT2D eigenvalue weighted by Gasteiger charge is 2.76. The fraction of sp³-hybridized carbons (Fsp3) is 0.920. The summed E-state index contributed by atoms with van der Waals surface area (Å²) in [6, 6.07) is 0. The highest BCUT2D eigenvalue weighted by Crippen LogP contribution is 2.70. The van der Waals surface area contributed by atoms with Gasteiger partial charge in [0.25, 0.3) is 0 Å². The number of epoxide rings is 1. The first-order valence-corrected chi connectivity index (χ1v) is 12.4. The zero-order valence-corrected chi connectivity index (χ0v) is 20.5. The van der Waals surface area contributed by atoms with Crippen molar-refractivity contribution in [3.63, 3.8) is 0 Å². The number of methoxy groups -OCH3 is 1. The van der Waals surface area contributed by atoms with E-state index in [1.165, 1.54) is 13.8 Å². The van der Waals surface area contributed by atoms with Gasteiger partial charge in [-0.15, -0.1) is 0 Å². The molecule has 10 unspecified atom stereocenters. The minimum absolute atomic E-state index is 0.00851. The van der Waals surface area contributed by atoms with E-state index >= 15 is 0 Å². The maximum absolute atomic E-state index is 12.2. The summed E-state index contributed by atoms with van der Waals surface area (Å²) in [4.78, 5) is 24.2. The van der Waals surface area contributed by atoms with Crippen molar-refractivity contribution in [1.82, 2.24) is 0 Å². The highest BCUT2D eigenvalue weighted by atomic mass is 16.8. The average molecular weight is 467 g/mol. The van der Waals surface area contributed by atoms with Crippen LogP contribution in [0.25, 0.3) is 0 Å². The van der Waals surface area contributed by atoms with Crippen LogP contribution in [0.15, 0.2) is 0 Å². The lowest BCUT2D eigenvalue weighted by Crippen LogP contribution is -2.69. The summed E-state index contributed by atoms with van der Waals surface area (Å²) in [6.07, 6.45) is 4.53. The van der Waals surface area contributed by atoms with Gasteiger partial charge in [-0.25, -0.2) is 0 Å². The minimum Gasteiger partial charge on any atom is -0.465 e. The van der Waals surface area contributed by atoms with Crippen LogP contribution in [0.1, 0.15) is 66.2 Å². The maximum Gasteiger partial charge on any atom is 0.302 e. The summed E-state index contributed by atoms with van der Waals surface area (Å²) >= 11 is 0. The average Bonchev–Trinajstić information content (AvgIpc) is 3.25. The van der Waals surface area contributed by atoms with Gasteiger partial charge < -0.3 is 28.4 Å². The Hall–Kier alpha value is -1.22. The second-order valence-corrected chi connectivity index (χ2v) is 11.2. The summed E-state index contributed by atoms with van der Waals surface area (Å²) in [5.74, 6) is 0.0533. The van der Waals surface area contributed by atoms with Crippen LogP contribution < -0.4 is 0 Å². The van der Waals surface area contributed by atoms with Crippen LogP contribution in [0.3, 0.4) is 0 Å². The lowest BCUT2D eigenvalue weighted by molar-refractivity contribution is -0.265. The van der Waals surface area contributed by atoms with Crippen LogP contribution in [-0.4, -0.2) is 62.7 Å². The van der Waals surface area contributed by atoms with E-state index in [1.807, 2.05) is 0 Å². The second kappa shape index (κ2) is 8.18.